The van der Waals surface area contributed by atoms with E-state index < -0.39 is 0 Å². The average Bonchev–Trinajstić information content (AvgIpc) is 3.26. The number of rotatable bonds is 7. The molecular formula is C17H17N5OS2. The summed E-state index contributed by atoms with van der Waals surface area (Å²) in [6.45, 7) is 6.21. The molecule has 1 N–H and O–H groups in total. The minimum absolute atomic E-state index is 0.116. The molecule has 0 fully saturated rings. The van der Waals surface area contributed by atoms with Crippen molar-refractivity contribution in [3.8, 4) is 11.4 Å². The van der Waals surface area contributed by atoms with Crippen molar-refractivity contribution in [3.63, 3.8) is 0 Å². The van der Waals surface area contributed by atoms with Gasteiger partial charge in [0.15, 0.2) is 16.1 Å². The van der Waals surface area contributed by atoms with Crippen molar-refractivity contribution in [2.24, 2.45) is 0 Å². The maximum absolute atomic E-state index is 12.3. The molecule has 0 saturated heterocycles. The number of benzene rings is 1. The molecule has 128 valence electrons. The van der Waals surface area contributed by atoms with Crippen LogP contribution in [0.5, 0.6) is 0 Å². The van der Waals surface area contributed by atoms with E-state index in [4.69, 9.17) is 0 Å². The Morgan fingerprint density at radius 2 is 2.20 bits per heavy atom. The zero-order chi connectivity index (χ0) is 17.6. The van der Waals surface area contributed by atoms with Gasteiger partial charge in [-0.3, -0.25) is 9.36 Å². The highest BCUT2D eigenvalue weighted by Crippen LogP contribution is 2.27. The summed E-state index contributed by atoms with van der Waals surface area (Å²) in [6, 6.07) is 9.84. The molecule has 0 radical (unpaired) electrons. The molecule has 2 aromatic heterocycles. The van der Waals surface area contributed by atoms with Crippen molar-refractivity contribution in [1.82, 2.24) is 19.7 Å². The maximum Gasteiger partial charge on any atom is 0.239 e. The van der Waals surface area contributed by atoms with Crippen molar-refractivity contribution in [2.75, 3.05) is 5.32 Å². The molecule has 8 heteroatoms. The fraction of sp³-hybridized carbons (Fsp3) is 0.176. The summed E-state index contributed by atoms with van der Waals surface area (Å²) in [5.74, 6) is 0.643. The molecule has 1 amide bonds. The lowest BCUT2D eigenvalue weighted by atomic mass is 10.2. The summed E-state index contributed by atoms with van der Waals surface area (Å²) < 4.78 is 1.96. The van der Waals surface area contributed by atoms with Gasteiger partial charge in [-0.25, -0.2) is 4.98 Å². The first-order chi connectivity index (χ1) is 12.2. The van der Waals surface area contributed by atoms with Crippen LogP contribution < -0.4 is 5.32 Å². The van der Waals surface area contributed by atoms with Crippen LogP contribution in [0.1, 0.15) is 6.92 Å². The number of aromatic nitrogens is 4. The van der Waals surface area contributed by atoms with Crippen LogP contribution >= 0.6 is 23.1 Å². The molecule has 0 saturated carbocycles. The molecule has 0 unspecified atom stereocenters. The van der Waals surface area contributed by atoms with Crippen LogP contribution in [-0.4, -0.2) is 30.9 Å². The molecule has 3 rings (SSSR count). The number of thioether (sulfide) groups is 1. The van der Waals surface area contributed by atoms with Gasteiger partial charge in [-0.1, -0.05) is 48.2 Å². The van der Waals surface area contributed by atoms with Gasteiger partial charge in [0.1, 0.15) is 0 Å². The van der Waals surface area contributed by atoms with Crippen LogP contribution in [-0.2, 0) is 11.3 Å². The summed E-state index contributed by atoms with van der Waals surface area (Å²) in [5.41, 5.74) is 0.976. The van der Waals surface area contributed by atoms with Crippen molar-refractivity contribution in [3.05, 3.63) is 54.6 Å². The highest BCUT2D eigenvalue weighted by molar-refractivity contribution is 8.00. The first kappa shape index (κ1) is 17.4. The second kappa shape index (κ2) is 8.09. The fourth-order valence-electron chi connectivity index (χ4n) is 2.17. The first-order valence-electron chi connectivity index (χ1n) is 7.65. The molecule has 0 aliphatic carbocycles. The van der Waals surface area contributed by atoms with Crippen LogP contribution in [0.2, 0.25) is 0 Å². The van der Waals surface area contributed by atoms with Gasteiger partial charge >= 0.3 is 0 Å². The van der Waals surface area contributed by atoms with Gasteiger partial charge in [-0.2, -0.15) is 0 Å². The minimum Gasteiger partial charge on any atom is -0.301 e. The second-order valence-electron chi connectivity index (χ2n) is 5.16. The molecule has 1 aromatic carbocycles. The van der Waals surface area contributed by atoms with Gasteiger partial charge in [-0.05, 0) is 6.92 Å². The van der Waals surface area contributed by atoms with E-state index in [2.05, 4.69) is 27.1 Å². The van der Waals surface area contributed by atoms with E-state index >= 15 is 0 Å². The monoisotopic (exact) mass is 371 g/mol. The van der Waals surface area contributed by atoms with E-state index in [9.17, 15) is 4.79 Å². The van der Waals surface area contributed by atoms with Gasteiger partial charge in [0.25, 0.3) is 0 Å². The molecule has 0 bridgehead atoms. The Morgan fingerprint density at radius 3 is 2.88 bits per heavy atom. The molecule has 3 aromatic rings. The van der Waals surface area contributed by atoms with Gasteiger partial charge in [0.2, 0.25) is 5.91 Å². The Morgan fingerprint density at radius 1 is 1.40 bits per heavy atom. The van der Waals surface area contributed by atoms with E-state index in [1.165, 1.54) is 23.1 Å². The largest absolute Gasteiger partial charge is 0.301 e. The third kappa shape index (κ3) is 4.15. The van der Waals surface area contributed by atoms with Crippen molar-refractivity contribution >= 4 is 34.1 Å². The number of nitrogens with zero attached hydrogens (tertiary/aromatic N) is 4. The smallest absolute Gasteiger partial charge is 0.239 e. The van der Waals surface area contributed by atoms with Crippen LogP contribution in [0.3, 0.4) is 0 Å². The number of allylic oxidation sites excluding steroid dienone is 1. The van der Waals surface area contributed by atoms with Crippen molar-refractivity contribution in [1.29, 1.82) is 0 Å². The number of amides is 1. The second-order valence-corrected chi connectivity index (χ2v) is 7.36. The highest BCUT2D eigenvalue weighted by Gasteiger charge is 2.21. The Labute approximate surface area is 154 Å². The average molecular weight is 371 g/mol. The van der Waals surface area contributed by atoms with E-state index in [1.807, 2.05) is 47.2 Å². The summed E-state index contributed by atoms with van der Waals surface area (Å²) in [7, 11) is 0. The van der Waals surface area contributed by atoms with Crippen LogP contribution in [0.15, 0.2) is 59.7 Å². The Hall–Kier alpha value is -2.45. The molecule has 0 aliphatic rings. The van der Waals surface area contributed by atoms with Crippen LogP contribution in [0.25, 0.3) is 11.4 Å². The zero-order valence-corrected chi connectivity index (χ0v) is 15.3. The number of thiazole rings is 1. The summed E-state index contributed by atoms with van der Waals surface area (Å²) in [6.07, 6.45) is 3.45. The third-order valence-corrected chi connectivity index (χ3v) is 5.14. The van der Waals surface area contributed by atoms with Crippen LogP contribution in [0.4, 0.5) is 5.13 Å². The van der Waals surface area contributed by atoms with E-state index in [-0.39, 0.29) is 11.2 Å². The number of carbonyl (C=O) groups excluding carboxylic acids is 1. The fourth-order valence-corrected chi connectivity index (χ4v) is 3.56. The zero-order valence-electron chi connectivity index (χ0n) is 13.6. The Bertz CT molecular complexity index is 845. The molecule has 2 heterocycles. The standard InChI is InChI=1S/C17H17N5OS2/c1-3-10-22-14(13-7-5-4-6-8-13)20-21-17(22)25-12(2)15(23)19-16-18-9-11-24-16/h3-9,11-12H,1,10H2,2H3,(H,18,19,23)/t12-/m1/s1. The topological polar surface area (TPSA) is 72.7 Å². The van der Waals surface area contributed by atoms with Crippen molar-refractivity contribution in [2.45, 2.75) is 23.9 Å². The number of anilines is 1. The number of nitrogens with one attached hydrogen (secondary N) is 1. The Kier molecular flexibility index (Phi) is 5.62. The maximum atomic E-state index is 12.3. The number of hydrogen-bond donors (Lipinski definition) is 1. The molecule has 1 atom stereocenters. The van der Waals surface area contributed by atoms with E-state index in [1.54, 1.807) is 12.3 Å². The number of carbonyl (C=O) groups is 1. The molecule has 0 aliphatic heterocycles. The quantitative estimate of drug-likeness (QED) is 0.506. The van der Waals surface area contributed by atoms with Crippen molar-refractivity contribution < 1.29 is 4.79 Å². The van der Waals surface area contributed by atoms with E-state index in [0.717, 1.165) is 11.4 Å². The van der Waals surface area contributed by atoms with Crippen LogP contribution in [0, 0.1) is 0 Å². The van der Waals surface area contributed by atoms with Gasteiger partial charge in [0.05, 0.1) is 5.25 Å². The van der Waals surface area contributed by atoms with Gasteiger partial charge in [-0.15, -0.1) is 28.1 Å². The molecular weight excluding hydrogens is 354 g/mol. The predicted molar refractivity (Wildman–Crippen MR) is 102 cm³/mol. The highest BCUT2D eigenvalue weighted by atomic mass is 32.2. The minimum atomic E-state index is -0.333. The lowest BCUT2D eigenvalue weighted by Gasteiger charge is -2.11. The molecule has 6 nitrogen and oxygen atoms in total. The normalized spacial score (nSPS) is 11.9. The predicted octanol–water partition coefficient (Wildman–Crippen LogP) is 3.71. The lowest BCUT2D eigenvalue weighted by molar-refractivity contribution is -0.115. The summed E-state index contributed by atoms with van der Waals surface area (Å²) in [4.78, 5) is 16.4. The summed E-state index contributed by atoms with van der Waals surface area (Å²) >= 11 is 2.75. The van der Waals surface area contributed by atoms with Gasteiger partial charge < -0.3 is 5.32 Å². The van der Waals surface area contributed by atoms with Gasteiger partial charge in [0, 0.05) is 23.7 Å². The first-order valence-corrected chi connectivity index (χ1v) is 9.41. The SMILES string of the molecule is C=CCn1c(S[C@H](C)C(=O)Nc2nccs2)nnc1-c1ccccc1. The third-order valence-electron chi connectivity index (χ3n) is 3.37. The molecule has 0 spiro atoms. The molecule has 25 heavy (non-hydrogen) atoms. The Balaban J connectivity index is 1.78. The lowest BCUT2D eigenvalue weighted by Crippen LogP contribution is -2.22. The number of hydrogen-bond acceptors (Lipinski definition) is 6. The summed E-state index contributed by atoms with van der Waals surface area (Å²) in [5, 5.41) is 14.1. The van der Waals surface area contributed by atoms with E-state index in [0.29, 0.717) is 16.8 Å².